The molecule has 0 spiro atoms. The van der Waals surface area contributed by atoms with E-state index in [0.717, 1.165) is 24.8 Å². The zero-order chi connectivity index (χ0) is 16.9. The summed E-state index contributed by atoms with van der Waals surface area (Å²) in [5.74, 6) is -0.0517. The van der Waals surface area contributed by atoms with Crippen LogP contribution in [0.25, 0.3) is 0 Å². The van der Waals surface area contributed by atoms with E-state index in [0.29, 0.717) is 13.1 Å². The molecular formula is C18H27N3O2. The molecule has 3 amide bonds. The van der Waals surface area contributed by atoms with Gasteiger partial charge >= 0.3 is 6.03 Å². The maximum absolute atomic E-state index is 12.5. The van der Waals surface area contributed by atoms with E-state index in [1.807, 2.05) is 51.1 Å². The number of amides is 3. The largest absolute Gasteiger partial charge is 0.349 e. The second kappa shape index (κ2) is 7.49. The van der Waals surface area contributed by atoms with Crippen molar-refractivity contribution >= 4 is 11.9 Å². The van der Waals surface area contributed by atoms with E-state index in [-0.39, 0.29) is 23.5 Å². The summed E-state index contributed by atoms with van der Waals surface area (Å²) in [7, 11) is 0. The van der Waals surface area contributed by atoms with Crippen LogP contribution in [0.4, 0.5) is 4.79 Å². The van der Waals surface area contributed by atoms with Crippen LogP contribution in [0, 0.1) is 0 Å². The van der Waals surface area contributed by atoms with Gasteiger partial charge in [-0.3, -0.25) is 4.79 Å². The second-order valence-electron chi connectivity index (χ2n) is 6.72. The van der Waals surface area contributed by atoms with Gasteiger partial charge in [0.2, 0.25) is 5.91 Å². The minimum atomic E-state index is -0.364. The molecule has 23 heavy (non-hydrogen) atoms. The van der Waals surface area contributed by atoms with Gasteiger partial charge in [-0.2, -0.15) is 0 Å². The summed E-state index contributed by atoms with van der Waals surface area (Å²) in [5.41, 5.74) is 0.805. The Morgan fingerprint density at radius 1 is 1.26 bits per heavy atom. The normalized spacial score (nSPS) is 17.9. The molecule has 5 nitrogen and oxygen atoms in total. The van der Waals surface area contributed by atoms with Crippen LogP contribution in [0.1, 0.15) is 45.6 Å². The van der Waals surface area contributed by atoms with Gasteiger partial charge < -0.3 is 15.5 Å². The maximum atomic E-state index is 12.5. The van der Waals surface area contributed by atoms with Gasteiger partial charge in [-0.05, 0) is 38.7 Å². The highest BCUT2D eigenvalue weighted by molar-refractivity contribution is 5.88. The topological polar surface area (TPSA) is 61.4 Å². The van der Waals surface area contributed by atoms with Crippen LogP contribution in [0.3, 0.4) is 0 Å². The highest BCUT2D eigenvalue weighted by atomic mass is 16.2. The monoisotopic (exact) mass is 317 g/mol. The van der Waals surface area contributed by atoms with Crippen LogP contribution in [-0.4, -0.2) is 35.0 Å². The van der Waals surface area contributed by atoms with Gasteiger partial charge in [0, 0.05) is 18.6 Å². The maximum Gasteiger partial charge on any atom is 0.318 e. The number of nitrogens with zero attached hydrogens (tertiary/aromatic N) is 1. The SMILES string of the molecule is CCC(C)(C)NC(=O)C1CCCN1C(=O)NCc1ccccc1. The Bertz CT molecular complexity index is 542. The fraction of sp³-hybridized carbons (Fsp3) is 0.556. The molecule has 1 fully saturated rings. The highest BCUT2D eigenvalue weighted by Gasteiger charge is 2.35. The van der Waals surface area contributed by atoms with Crippen molar-refractivity contribution in [2.24, 2.45) is 0 Å². The summed E-state index contributed by atoms with van der Waals surface area (Å²) in [6.45, 7) is 7.15. The lowest BCUT2D eigenvalue weighted by molar-refractivity contribution is -0.126. The van der Waals surface area contributed by atoms with Gasteiger partial charge in [0.1, 0.15) is 6.04 Å². The van der Waals surface area contributed by atoms with Crippen molar-refractivity contribution in [2.75, 3.05) is 6.54 Å². The summed E-state index contributed by atoms with van der Waals surface area (Å²) in [6, 6.07) is 9.25. The predicted molar refractivity (Wildman–Crippen MR) is 90.9 cm³/mol. The van der Waals surface area contributed by atoms with Crippen molar-refractivity contribution in [3.8, 4) is 0 Å². The summed E-state index contributed by atoms with van der Waals surface area (Å²) in [4.78, 5) is 26.5. The zero-order valence-electron chi connectivity index (χ0n) is 14.3. The number of carbonyl (C=O) groups is 2. The number of carbonyl (C=O) groups excluding carboxylic acids is 2. The standard InChI is InChI=1S/C18H27N3O2/c1-4-18(2,3)20-16(22)15-11-8-12-21(15)17(23)19-13-14-9-6-5-7-10-14/h5-7,9-10,15H,4,8,11-13H2,1-3H3,(H,19,23)(H,20,22). The van der Waals surface area contributed by atoms with E-state index in [4.69, 9.17) is 0 Å². The lowest BCUT2D eigenvalue weighted by atomic mass is 10.0. The Morgan fingerprint density at radius 2 is 1.96 bits per heavy atom. The quantitative estimate of drug-likeness (QED) is 0.877. The van der Waals surface area contributed by atoms with Crippen molar-refractivity contribution in [1.29, 1.82) is 0 Å². The van der Waals surface area contributed by atoms with E-state index in [2.05, 4.69) is 10.6 Å². The molecule has 5 heteroatoms. The molecule has 0 bridgehead atoms. The molecule has 1 aliphatic rings. The van der Waals surface area contributed by atoms with Crippen LogP contribution in [0.15, 0.2) is 30.3 Å². The molecule has 2 N–H and O–H groups in total. The third kappa shape index (κ3) is 4.71. The first-order valence-corrected chi connectivity index (χ1v) is 8.33. The van der Waals surface area contributed by atoms with Gasteiger partial charge in [0.25, 0.3) is 0 Å². The number of nitrogens with one attached hydrogen (secondary N) is 2. The molecule has 2 rings (SSSR count). The molecular weight excluding hydrogens is 290 g/mol. The van der Waals surface area contributed by atoms with Gasteiger partial charge in [-0.15, -0.1) is 0 Å². The van der Waals surface area contributed by atoms with E-state index in [1.165, 1.54) is 0 Å². The Hall–Kier alpha value is -2.04. The number of urea groups is 1. The van der Waals surface area contributed by atoms with Crippen molar-refractivity contribution in [3.63, 3.8) is 0 Å². The third-order valence-electron chi connectivity index (χ3n) is 4.45. The summed E-state index contributed by atoms with van der Waals surface area (Å²) in [6.07, 6.45) is 2.44. The molecule has 1 heterocycles. The fourth-order valence-electron chi connectivity index (χ4n) is 2.66. The second-order valence-corrected chi connectivity index (χ2v) is 6.72. The number of rotatable bonds is 5. The average molecular weight is 317 g/mol. The molecule has 126 valence electrons. The summed E-state index contributed by atoms with van der Waals surface area (Å²) < 4.78 is 0. The van der Waals surface area contributed by atoms with E-state index in [9.17, 15) is 9.59 Å². The van der Waals surface area contributed by atoms with Crippen molar-refractivity contribution in [3.05, 3.63) is 35.9 Å². The van der Waals surface area contributed by atoms with E-state index in [1.54, 1.807) is 4.90 Å². The van der Waals surface area contributed by atoms with Gasteiger partial charge in [0.05, 0.1) is 0 Å². The minimum Gasteiger partial charge on any atom is -0.349 e. The lowest BCUT2D eigenvalue weighted by Crippen LogP contribution is -2.53. The molecule has 0 saturated carbocycles. The number of benzene rings is 1. The van der Waals surface area contributed by atoms with Crippen LogP contribution >= 0.6 is 0 Å². The summed E-state index contributed by atoms with van der Waals surface area (Å²) >= 11 is 0. The number of hydrogen-bond acceptors (Lipinski definition) is 2. The molecule has 1 aromatic rings. The van der Waals surface area contributed by atoms with Gasteiger partial charge in [0.15, 0.2) is 0 Å². The Morgan fingerprint density at radius 3 is 2.61 bits per heavy atom. The first-order chi connectivity index (χ1) is 10.9. The molecule has 0 aliphatic carbocycles. The predicted octanol–water partition coefficient (Wildman–Crippen LogP) is 2.67. The number of hydrogen-bond donors (Lipinski definition) is 2. The van der Waals surface area contributed by atoms with Crippen molar-refractivity contribution < 1.29 is 9.59 Å². The van der Waals surface area contributed by atoms with Crippen LogP contribution < -0.4 is 10.6 Å². The number of likely N-dealkylation sites (tertiary alicyclic amines) is 1. The fourth-order valence-corrected chi connectivity index (χ4v) is 2.66. The first kappa shape index (κ1) is 17.3. The molecule has 1 atom stereocenters. The van der Waals surface area contributed by atoms with Gasteiger partial charge in [-0.25, -0.2) is 4.79 Å². The smallest absolute Gasteiger partial charge is 0.318 e. The van der Waals surface area contributed by atoms with Crippen molar-refractivity contribution in [2.45, 2.75) is 58.2 Å². The van der Waals surface area contributed by atoms with Crippen molar-refractivity contribution in [1.82, 2.24) is 15.5 Å². The van der Waals surface area contributed by atoms with Gasteiger partial charge in [-0.1, -0.05) is 37.3 Å². The van der Waals surface area contributed by atoms with Crippen LogP contribution in [0.2, 0.25) is 0 Å². The molecule has 1 saturated heterocycles. The summed E-state index contributed by atoms with van der Waals surface area (Å²) in [5, 5.41) is 5.96. The van der Waals surface area contributed by atoms with Crippen LogP contribution in [-0.2, 0) is 11.3 Å². The highest BCUT2D eigenvalue weighted by Crippen LogP contribution is 2.19. The van der Waals surface area contributed by atoms with E-state index < -0.39 is 0 Å². The molecule has 0 aromatic heterocycles. The average Bonchev–Trinajstić information content (AvgIpc) is 3.03. The Balaban J connectivity index is 1.92. The zero-order valence-corrected chi connectivity index (χ0v) is 14.3. The molecule has 0 radical (unpaired) electrons. The lowest BCUT2D eigenvalue weighted by Gasteiger charge is -2.30. The minimum absolute atomic E-state index is 0.0517. The molecule has 1 aliphatic heterocycles. The Kier molecular flexibility index (Phi) is 5.64. The first-order valence-electron chi connectivity index (χ1n) is 8.33. The Labute approximate surface area is 138 Å². The molecule has 1 unspecified atom stereocenters. The third-order valence-corrected chi connectivity index (χ3v) is 4.45. The van der Waals surface area contributed by atoms with Crippen LogP contribution in [0.5, 0.6) is 0 Å². The molecule has 1 aromatic carbocycles. The van der Waals surface area contributed by atoms with E-state index >= 15 is 0 Å².